The Labute approximate surface area is 116 Å². The van der Waals surface area contributed by atoms with Gasteiger partial charge in [-0.05, 0) is 29.8 Å². The quantitative estimate of drug-likeness (QED) is 0.845. The van der Waals surface area contributed by atoms with Gasteiger partial charge >= 0.3 is 0 Å². The van der Waals surface area contributed by atoms with Crippen LogP contribution in [-0.4, -0.2) is 20.1 Å². The van der Waals surface area contributed by atoms with E-state index in [1.165, 1.54) is 12.3 Å². The van der Waals surface area contributed by atoms with Crippen LogP contribution in [0, 0.1) is 5.82 Å². The molecule has 0 aliphatic heterocycles. The first-order valence-corrected chi connectivity index (χ1v) is 7.42. The van der Waals surface area contributed by atoms with Crippen LogP contribution in [0.3, 0.4) is 0 Å². The summed E-state index contributed by atoms with van der Waals surface area (Å²) in [5, 5.41) is 8.97. The van der Waals surface area contributed by atoms with Crippen LogP contribution >= 0.6 is 0 Å². The number of rotatable bonds is 6. The summed E-state index contributed by atoms with van der Waals surface area (Å²) in [5.41, 5.74) is 0.331. The van der Waals surface area contributed by atoms with Crippen LogP contribution in [-0.2, 0) is 23.1 Å². The van der Waals surface area contributed by atoms with E-state index < -0.39 is 20.7 Å². The minimum atomic E-state index is -3.95. The van der Waals surface area contributed by atoms with E-state index in [9.17, 15) is 12.8 Å². The number of benzene rings is 1. The van der Waals surface area contributed by atoms with E-state index in [1.807, 2.05) is 0 Å². The average Bonchev–Trinajstić information content (AvgIpc) is 2.92. The van der Waals surface area contributed by atoms with Crippen molar-refractivity contribution < 1.29 is 22.3 Å². The van der Waals surface area contributed by atoms with Gasteiger partial charge < -0.3 is 9.52 Å². The maximum Gasteiger partial charge on any atom is 0.243 e. The highest BCUT2D eigenvalue weighted by Gasteiger charge is 2.19. The molecule has 0 fully saturated rings. The van der Waals surface area contributed by atoms with Crippen molar-refractivity contribution in [1.82, 2.24) is 4.72 Å². The van der Waals surface area contributed by atoms with Crippen LogP contribution < -0.4 is 4.72 Å². The van der Waals surface area contributed by atoms with Crippen LogP contribution in [0.1, 0.15) is 11.3 Å². The molecule has 2 N–H and O–H groups in total. The molecule has 1 heterocycles. The smallest absolute Gasteiger partial charge is 0.243 e. The first kappa shape index (κ1) is 14.7. The van der Waals surface area contributed by atoms with Gasteiger partial charge in [-0.15, -0.1) is 0 Å². The fourth-order valence-electron chi connectivity index (χ4n) is 1.69. The molecule has 0 saturated heterocycles. The lowest BCUT2D eigenvalue weighted by Gasteiger charge is -2.08. The summed E-state index contributed by atoms with van der Waals surface area (Å²) in [4.78, 5) is -0.469. The summed E-state index contributed by atoms with van der Waals surface area (Å²) in [6.45, 7) is -0.256. The molecule has 1 aromatic carbocycles. The minimum Gasteiger partial charge on any atom is -0.469 e. The highest BCUT2D eigenvalue weighted by Crippen LogP contribution is 2.16. The molecule has 0 atom stereocenters. The van der Waals surface area contributed by atoms with E-state index in [-0.39, 0.29) is 13.2 Å². The predicted molar refractivity (Wildman–Crippen MR) is 69.9 cm³/mol. The number of furan rings is 1. The lowest BCUT2D eigenvalue weighted by atomic mass is 10.2. The van der Waals surface area contributed by atoms with Crippen molar-refractivity contribution >= 4 is 10.0 Å². The molecule has 5 nitrogen and oxygen atoms in total. The maximum atomic E-state index is 13.6. The Morgan fingerprint density at radius 3 is 2.75 bits per heavy atom. The highest BCUT2D eigenvalue weighted by atomic mass is 32.2. The minimum absolute atomic E-state index is 0.0959. The fraction of sp³-hybridized carbons (Fsp3) is 0.231. The van der Waals surface area contributed by atoms with Gasteiger partial charge in [-0.1, -0.05) is 6.07 Å². The van der Waals surface area contributed by atoms with Gasteiger partial charge in [0.05, 0.1) is 12.9 Å². The van der Waals surface area contributed by atoms with Crippen LogP contribution in [0.5, 0.6) is 0 Å². The number of hydrogen-bond acceptors (Lipinski definition) is 4. The Bertz CT molecular complexity index is 668. The molecule has 108 valence electrons. The molecule has 1 aromatic heterocycles. The molecule has 7 heteroatoms. The Balaban J connectivity index is 2.09. The molecule has 0 aliphatic carbocycles. The van der Waals surface area contributed by atoms with Gasteiger partial charge in [0.25, 0.3) is 0 Å². The molecular formula is C13H14FNO4S. The molecule has 0 bridgehead atoms. The SMILES string of the molecule is O=S(=O)(NCCc1ccco1)c1cc(CO)ccc1F. The van der Waals surface area contributed by atoms with Crippen molar-refractivity contribution in [1.29, 1.82) is 0 Å². The summed E-state index contributed by atoms with van der Waals surface area (Å²) in [7, 11) is -3.95. The monoisotopic (exact) mass is 299 g/mol. The number of hydrogen-bond donors (Lipinski definition) is 2. The zero-order chi connectivity index (χ0) is 14.6. The Hall–Kier alpha value is -1.70. The number of aliphatic hydroxyl groups excluding tert-OH is 1. The molecule has 2 rings (SSSR count). The van der Waals surface area contributed by atoms with E-state index in [0.29, 0.717) is 17.7 Å². The van der Waals surface area contributed by atoms with Crippen LogP contribution in [0.2, 0.25) is 0 Å². The summed E-state index contributed by atoms with van der Waals surface area (Å²) in [6.07, 6.45) is 1.86. The molecule has 0 spiro atoms. The second-order valence-corrected chi connectivity index (χ2v) is 5.89. The molecule has 0 radical (unpaired) electrons. The zero-order valence-corrected chi connectivity index (χ0v) is 11.4. The predicted octanol–water partition coefficient (Wildman–Crippen LogP) is 1.43. The normalized spacial score (nSPS) is 11.7. The standard InChI is InChI=1S/C13H14FNO4S/c14-12-4-3-10(9-16)8-13(12)20(17,18)15-6-5-11-2-1-7-19-11/h1-4,7-8,15-16H,5-6,9H2. The summed E-state index contributed by atoms with van der Waals surface area (Å²) in [6, 6.07) is 6.89. The van der Waals surface area contributed by atoms with Gasteiger partial charge in [0, 0.05) is 13.0 Å². The summed E-state index contributed by atoms with van der Waals surface area (Å²) >= 11 is 0. The van der Waals surface area contributed by atoms with E-state index in [0.717, 1.165) is 12.1 Å². The van der Waals surface area contributed by atoms with Crippen LogP contribution in [0.4, 0.5) is 4.39 Å². The maximum absolute atomic E-state index is 13.6. The van der Waals surface area contributed by atoms with Crippen LogP contribution in [0.25, 0.3) is 0 Å². The second-order valence-electron chi connectivity index (χ2n) is 4.15. The van der Waals surface area contributed by atoms with Gasteiger partial charge in [0.2, 0.25) is 10.0 Å². The third-order valence-corrected chi connectivity index (χ3v) is 4.19. The van der Waals surface area contributed by atoms with Gasteiger partial charge in [0.1, 0.15) is 16.5 Å². The zero-order valence-electron chi connectivity index (χ0n) is 10.5. The first-order chi connectivity index (χ1) is 9.53. The Morgan fingerprint density at radius 2 is 2.10 bits per heavy atom. The van der Waals surface area contributed by atoms with E-state index in [2.05, 4.69) is 4.72 Å². The summed E-state index contributed by atoms with van der Waals surface area (Å²) < 4.78 is 44.9. The van der Waals surface area contributed by atoms with Crippen molar-refractivity contribution in [2.24, 2.45) is 0 Å². The van der Waals surface area contributed by atoms with Crippen molar-refractivity contribution in [3.63, 3.8) is 0 Å². The average molecular weight is 299 g/mol. The molecule has 20 heavy (non-hydrogen) atoms. The van der Waals surface area contributed by atoms with Gasteiger partial charge in [0.15, 0.2) is 0 Å². The lowest BCUT2D eigenvalue weighted by Crippen LogP contribution is -2.26. The third kappa shape index (κ3) is 3.44. The lowest BCUT2D eigenvalue weighted by molar-refractivity contribution is 0.281. The van der Waals surface area contributed by atoms with Crippen molar-refractivity contribution in [3.8, 4) is 0 Å². The number of halogens is 1. The van der Waals surface area contributed by atoms with E-state index >= 15 is 0 Å². The Kier molecular flexibility index (Phi) is 4.53. The van der Waals surface area contributed by atoms with Crippen LogP contribution in [0.15, 0.2) is 45.9 Å². The topological polar surface area (TPSA) is 79.5 Å². The molecule has 0 saturated carbocycles. The molecular weight excluding hydrogens is 285 g/mol. The largest absolute Gasteiger partial charge is 0.469 e. The van der Waals surface area contributed by atoms with Crippen molar-refractivity contribution in [3.05, 3.63) is 53.7 Å². The van der Waals surface area contributed by atoms with Gasteiger partial charge in [-0.25, -0.2) is 17.5 Å². The molecule has 0 aliphatic rings. The second kappa shape index (κ2) is 6.17. The summed E-state index contributed by atoms with van der Waals surface area (Å²) in [5.74, 6) is -0.218. The first-order valence-electron chi connectivity index (χ1n) is 5.94. The molecule has 0 amide bonds. The van der Waals surface area contributed by atoms with Crippen molar-refractivity contribution in [2.75, 3.05) is 6.54 Å². The third-order valence-electron chi connectivity index (χ3n) is 2.71. The number of sulfonamides is 1. The molecule has 2 aromatic rings. The van der Waals surface area contributed by atoms with Gasteiger partial charge in [-0.3, -0.25) is 0 Å². The highest BCUT2D eigenvalue weighted by molar-refractivity contribution is 7.89. The number of nitrogens with one attached hydrogen (secondary N) is 1. The van der Waals surface area contributed by atoms with Crippen molar-refractivity contribution in [2.45, 2.75) is 17.9 Å². The van der Waals surface area contributed by atoms with E-state index in [4.69, 9.17) is 9.52 Å². The Morgan fingerprint density at radius 1 is 1.30 bits per heavy atom. The molecule has 0 unspecified atom stereocenters. The van der Waals surface area contributed by atoms with E-state index in [1.54, 1.807) is 12.1 Å². The van der Waals surface area contributed by atoms with Gasteiger partial charge in [-0.2, -0.15) is 0 Å². The number of aliphatic hydroxyl groups is 1. The fourth-order valence-corrected chi connectivity index (χ4v) is 2.85.